The first kappa shape index (κ1) is 16.6. The van der Waals surface area contributed by atoms with Crippen molar-refractivity contribution in [3.63, 3.8) is 0 Å². The SMILES string of the molecule is O=C(Cc1cc2ccccc2[nH]c1=O)NC(c1ccccc1)C1CCC1. The summed E-state index contributed by atoms with van der Waals surface area (Å²) in [6, 6.07) is 19.6. The Hall–Kier alpha value is -2.88. The summed E-state index contributed by atoms with van der Waals surface area (Å²) < 4.78 is 0. The summed E-state index contributed by atoms with van der Waals surface area (Å²) in [6.45, 7) is 0. The molecular weight excluding hydrogens is 324 g/mol. The molecule has 1 fully saturated rings. The maximum absolute atomic E-state index is 12.7. The summed E-state index contributed by atoms with van der Waals surface area (Å²) in [5, 5.41) is 4.11. The highest BCUT2D eigenvalue weighted by molar-refractivity contribution is 5.82. The highest BCUT2D eigenvalue weighted by Gasteiger charge is 2.29. The van der Waals surface area contributed by atoms with E-state index in [0.29, 0.717) is 11.5 Å². The number of aromatic nitrogens is 1. The van der Waals surface area contributed by atoms with Crippen LogP contribution in [-0.4, -0.2) is 10.9 Å². The van der Waals surface area contributed by atoms with Crippen LogP contribution >= 0.6 is 0 Å². The molecule has 0 aliphatic heterocycles. The van der Waals surface area contributed by atoms with Gasteiger partial charge in [-0.25, -0.2) is 0 Å². The Kier molecular flexibility index (Phi) is 4.57. The second kappa shape index (κ2) is 7.16. The molecule has 4 rings (SSSR count). The van der Waals surface area contributed by atoms with Crippen molar-refractivity contribution in [2.75, 3.05) is 0 Å². The number of benzene rings is 2. The van der Waals surface area contributed by atoms with Crippen molar-refractivity contribution in [1.29, 1.82) is 0 Å². The van der Waals surface area contributed by atoms with Crippen molar-refractivity contribution in [3.8, 4) is 0 Å². The molecule has 0 bridgehead atoms. The molecule has 1 amide bonds. The number of para-hydroxylation sites is 1. The van der Waals surface area contributed by atoms with Crippen molar-refractivity contribution in [1.82, 2.24) is 10.3 Å². The molecule has 1 aliphatic carbocycles. The van der Waals surface area contributed by atoms with Gasteiger partial charge in [-0.2, -0.15) is 0 Å². The molecular formula is C22H22N2O2. The van der Waals surface area contributed by atoms with Gasteiger partial charge in [-0.1, -0.05) is 55.0 Å². The first-order valence-corrected chi connectivity index (χ1v) is 9.16. The molecule has 1 atom stereocenters. The first-order valence-electron chi connectivity index (χ1n) is 9.16. The summed E-state index contributed by atoms with van der Waals surface area (Å²) >= 11 is 0. The maximum Gasteiger partial charge on any atom is 0.252 e. The minimum absolute atomic E-state index is 0.0250. The molecule has 1 saturated carbocycles. The number of hydrogen-bond acceptors (Lipinski definition) is 2. The van der Waals surface area contributed by atoms with Crippen LogP contribution in [-0.2, 0) is 11.2 Å². The fourth-order valence-corrected chi connectivity index (χ4v) is 3.63. The molecule has 1 heterocycles. The van der Waals surface area contributed by atoms with Crippen LogP contribution in [0.3, 0.4) is 0 Å². The van der Waals surface area contributed by atoms with Crippen LogP contribution in [0.2, 0.25) is 0 Å². The predicted octanol–water partition coefficient (Wildman–Crippen LogP) is 3.73. The van der Waals surface area contributed by atoms with Crippen LogP contribution in [0.15, 0.2) is 65.5 Å². The van der Waals surface area contributed by atoms with Gasteiger partial charge >= 0.3 is 0 Å². The second-order valence-corrected chi connectivity index (χ2v) is 7.03. The van der Waals surface area contributed by atoms with Gasteiger partial charge in [0.2, 0.25) is 5.91 Å². The number of hydrogen-bond donors (Lipinski definition) is 2. The Labute approximate surface area is 152 Å². The van der Waals surface area contributed by atoms with E-state index in [-0.39, 0.29) is 23.9 Å². The topological polar surface area (TPSA) is 62.0 Å². The van der Waals surface area contributed by atoms with Crippen LogP contribution in [0.1, 0.15) is 36.4 Å². The summed E-state index contributed by atoms with van der Waals surface area (Å²) in [6.07, 6.45) is 3.58. The Morgan fingerprint density at radius 3 is 2.54 bits per heavy atom. The lowest BCUT2D eigenvalue weighted by Crippen LogP contribution is -2.37. The number of aromatic amines is 1. The second-order valence-electron chi connectivity index (χ2n) is 7.03. The van der Waals surface area contributed by atoms with Crippen molar-refractivity contribution < 1.29 is 4.79 Å². The maximum atomic E-state index is 12.7. The lowest BCUT2D eigenvalue weighted by molar-refractivity contribution is -0.121. The van der Waals surface area contributed by atoms with E-state index in [4.69, 9.17) is 0 Å². The third-order valence-corrected chi connectivity index (χ3v) is 5.28. The van der Waals surface area contributed by atoms with Crippen LogP contribution in [0, 0.1) is 5.92 Å². The van der Waals surface area contributed by atoms with Crippen LogP contribution < -0.4 is 10.9 Å². The fourth-order valence-electron chi connectivity index (χ4n) is 3.63. The molecule has 0 spiro atoms. The van der Waals surface area contributed by atoms with E-state index in [1.54, 1.807) is 0 Å². The number of H-pyrrole nitrogens is 1. The van der Waals surface area contributed by atoms with Gasteiger partial charge in [-0.3, -0.25) is 9.59 Å². The quantitative estimate of drug-likeness (QED) is 0.739. The molecule has 3 aromatic rings. The summed E-state index contributed by atoms with van der Waals surface area (Å²) in [5.74, 6) is 0.378. The highest BCUT2D eigenvalue weighted by atomic mass is 16.2. The van der Waals surface area contributed by atoms with E-state index in [1.807, 2.05) is 48.5 Å². The van der Waals surface area contributed by atoms with Gasteiger partial charge in [0.25, 0.3) is 5.56 Å². The normalized spacial score (nSPS) is 15.4. The van der Waals surface area contributed by atoms with Gasteiger partial charge in [0, 0.05) is 11.1 Å². The number of nitrogens with one attached hydrogen (secondary N) is 2. The third-order valence-electron chi connectivity index (χ3n) is 5.28. The lowest BCUT2D eigenvalue weighted by Gasteiger charge is -2.34. The Morgan fingerprint density at radius 1 is 1.08 bits per heavy atom. The van der Waals surface area contributed by atoms with E-state index in [0.717, 1.165) is 29.3 Å². The summed E-state index contributed by atoms with van der Waals surface area (Å²) in [5.41, 5.74) is 2.23. The molecule has 2 aromatic carbocycles. The summed E-state index contributed by atoms with van der Waals surface area (Å²) in [4.78, 5) is 27.8. The zero-order chi connectivity index (χ0) is 17.9. The molecule has 0 radical (unpaired) electrons. The lowest BCUT2D eigenvalue weighted by atomic mass is 9.77. The van der Waals surface area contributed by atoms with Gasteiger partial charge in [-0.05, 0) is 41.8 Å². The van der Waals surface area contributed by atoms with Crippen molar-refractivity contribution in [2.45, 2.75) is 31.7 Å². The monoisotopic (exact) mass is 346 g/mol. The number of carbonyl (C=O) groups excluding carboxylic acids is 1. The zero-order valence-electron chi connectivity index (χ0n) is 14.6. The molecule has 1 aliphatic rings. The number of fused-ring (bicyclic) bond motifs is 1. The van der Waals surface area contributed by atoms with Gasteiger partial charge in [0.1, 0.15) is 0 Å². The highest BCUT2D eigenvalue weighted by Crippen LogP contribution is 2.37. The molecule has 26 heavy (non-hydrogen) atoms. The number of carbonyl (C=O) groups is 1. The average molecular weight is 346 g/mol. The number of pyridine rings is 1. The van der Waals surface area contributed by atoms with Crippen LogP contribution in [0.5, 0.6) is 0 Å². The molecule has 1 unspecified atom stereocenters. The van der Waals surface area contributed by atoms with Crippen molar-refractivity contribution in [3.05, 3.63) is 82.1 Å². The van der Waals surface area contributed by atoms with Gasteiger partial charge in [0.05, 0.1) is 12.5 Å². The minimum atomic E-state index is -0.196. The van der Waals surface area contributed by atoms with Crippen molar-refractivity contribution >= 4 is 16.8 Å². The molecule has 0 saturated heterocycles. The van der Waals surface area contributed by atoms with Crippen molar-refractivity contribution in [2.24, 2.45) is 5.92 Å². The average Bonchev–Trinajstić information content (AvgIpc) is 2.61. The zero-order valence-corrected chi connectivity index (χ0v) is 14.6. The predicted molar refractivity (Wildman–Crippen MR) is 103 cm³/mol. The Morgan fingerprint density at radius 2 is 1.81 bits per heavy atom. The minimum Gasteiger partial charge on any atom is -0.349 e. The van der Waals surface area contributed by atoms with Gasteiger partial charge < -0.3 is 10.3 Å². The van der Waals surface area contributed by atoms with E-state index >= 15 is 0 Å². The van der Waals surface area contributed by atoms with E-state index in [9.17, 15) is 9.59 Å². The first-order chi connectivity index (χ1) is 12.7. The molecule has 4 nitrogen and oxygen atoms in total. The van der Waals surface area contributed by atoms with E-state index < -0.39 is 0 Å². The molecule has 1 aromatic heterocycles. The van der Waals surface area contributed by atoms with E-state index in [2.05, 4.69) is 22.4 Å². The smallest absolute Gasteiger partial charge is 0.252 e. The molecule has 4 heteroatoms. The van der Waals surface area contributed by atoms with Gasteiger partial charge in [-0.15, -0.1) is 0 Å². The van der Waals surface area contributed by atoms with Crippen LogP contribution in [0.4, 0.5) is 0 Å². The Bertz CT molecular complexity index is 974. The largest absolute Gasteiger partial charge is 0.349 e. The molecule has 2 N–H and O–H groups in total. The van der Waals surface area contributed by atoms with Gasteiger partial charge in [0.15, 0.2) is 0 Å². The van der Waals surface area contributed by atoms with Crippen LogP contribution in [0.25, 0.3) is 10.9 Å². The summed E-state index contributed by atoms with van der Waals surface area (Å²) in [7, 11) is 0. The van der Waals surface area contributed by atoms with E-state index in [1.165, 1.54) is 6.42 Å². The standard InChI is InChI=1S/C22H22N2O2/c25-20(14-18-13-17-9-4-5-12-19(17)23-22(18)26)24-21(16-10-6-11-16)15-7-2-1-3-8-15/h1-5,7-9,12-13,16,21H,6,10-11,14H2,(H,23,26)(H,24,25). The number of amides is 1. The molecule has 132 valence electrons. The fraction of sp³-hybridized carbons (Fsp3) is 0.273. The Balaban J connectivity index is 1.54. The number of rotatable bonds is 5. The third kappa shape index (κ3) is 3.40.